The Morgan fingerprint density at radius 1 is 0.947 bits per heavy atom. The minimum atomic E-state index is -0.233. The Balaban J connectivity index is 1.96. The molecule has 2 rings (SSSR count). The van der Waals surface area contributed by atoms with Gasteiger partial charge in [-0.3, -0.25) is 0 Å². The van der Waals surface area contributed by atoms with Crippen LogP contribution in [0.4, 0.5) is 15.8 Å². The summed E-state index contributed by atoms with van der Waals surface area (Å²) in [6.07, 6.45) is 0. The smallest absolute Gasteiger partial charge is 0.123 e. The zero-order chi connectivity index (χ0) is 13.7. The van der Waals surface area contributed by atoms with Gasteiger partial charge in [0.2, 0.25) is 0 Å². The van der Waals surface area contributed by atoms with Gasteiger partial charge in [-0.2, -0.15) is 0 Å². The Morgan fingerprint density at radius 3 is 2.00 bits per heavy atom. The predicted octanol–water partition coefficient (Wildman–Crippen LogP) is 4.60. The van der Waals surface area contributed by atoms with Crippen LogP contribution in [0.5, 0.6) is 5.75 Å². The van der Waals surface area contributed by atoms with Crippen molar-refractivity contribution in [1.82, 2.24) is 0 Å². The summed E-state index contributed by atoms with van der Waals surface area (Å²) < 4.78 is 18.4. The summed E-state index contributed by atoms with van der Waals surface area (Å²) in [5.74, 6) is 1.14. The van der Waals surface area contributed by atoms with Crippen LogP contribution in [0.2, 0.25) is 0 Å². The highest BCUT2D eigenvalue weighted by molar-refractivity contribution is 5.60. The molecule has 0 aliphatic heterocycles. The van der Waals surface area contributed by atoms with Gasteiger partial charge in [-0.1, -0.05) is 13.8 Å². The van der Waals surface area contributed by atoms with E-state index in [0.717, 1.165) is 17.1 Å². The summed E-state index contributed by atoms with van der Waals surface area (Å²) in [5.41, 5.74) is 1.81. The molecule has 0 aliphatic rings. The van der Waals surface area contributed by atoms with Crippen LogP contribution in [0.25, 0.3) is 0 Å². The second kappa shape index (κ2) is 6.23. The molecule has 2 aromatic rings. The lowest BCUT2D eigenvalue weighted by Gasteiger charge is -2.10. The van der Waals surface area contributed by atoms with E-state index >= 15 is 0 Å². The highest BCUT2D eigenvalue weighted by Crippen LogP contribution is 2.20. The first-order valence-electron chi connectivity index (χ1n) is 6.39. The second-order valence-electron chi connectivity index (χ2n) is 4.86. The molecule has 0 unspecified atom stereocenters. The van der Waals surface area contributed by atoms with Crippen molar-refractivity contribution >= 4 is 11.4 Å². The fourth-order valence-corrected chi connectivity index (χ4v) is 1.60. The zero-order valence-electron chi connectivity index (χ0n) is 11.2. The van der Waals surface area contributed by atoms with E-state index in [4.69, 9.17) is 4.74 Å². The number of anilines is 2. The van der Waals surface area contributed by atoms with E-state index in [9.17, 15) is 4.39 Å². The quantitative estimate of drug-likeness (QED) is 0.847. The van der Waals surface area contributed by atoms with Crippen LogP contribution >= 0.6 is 0 Å². The molecule has 0 saturated heterocycles. The van der Waals surface area contributed by atoms with Gasteiger partial charge in [-0.05, 0) is 54.4 Å². The number of halogens is 1. The van der Waals surface area contributed by atoms with Gasteiger partial charge < -0.3 is 10.1 Å². The number of rotatable bonds is 5. The second-order valence-corrected chi connectivity index (χ2v) is 4.86. The van der Waals surface area contributed by atoms with Crippen molar-refractivity contribution in [3.8, 4) is 5.75 Å². The third-order valence-corrected chi connectivity index (χ3v) is 2.57. The molecule has 19 heavy (non-hydrogen) atoms. The van der Waals surface area contributed by atoms with E-state index in [1.165, 1.54) is 12.1 Å². The highest BCUT2D eigenvalue weighted by atomic mass is 19.1. The van der Waals surface area contributed by atoms with Crippen LogP contribution in [0.1, 0.15) is 13.8 Å². The molecule has 0 saturated carbocycles. The van der Waals surface area contributed by atoms with Crippen molar-refractivity contribution in [2.45, 2.75) is 13.8 Å². The summed E-state index contributed by atoms with van der Waals surface area (Å²) >= 11 is 0. The van der Waals surface area contributed by atoms with Crippen molar-refractivity contribution in [2.24, 2.45) is 5.92 Å². The highest BCUT2D eigenvalue weighted by Gasteiger charge is 1.99. The Hall–Kier alpha value is -2.03. The first kappa shape index (κ1) is 13.4. The maximum Gasteiger partial charge on any atom is 0.123 e. The normalized spacial score (nSPS) is 10.5. The summed E-state index contributed by atoms with van der Waals surface area (Å²) in [6.45, 7) is 4.94. The van der Waals surface area contributed by atoms with Crippen LogP contribution in [0.3, 0.4) is 0 Å². The molecule has 0 bridgehead atoms. The first-order chi connectivity index (χ1) is 9.13. The van der Waals surface area contributed by atoms with E-state index in [-0.39, 0.29) is 5.82 Å². The Bertz CT molecular complexity index is 505. The van der Waals surface area contributed by atoms with Crippen LogP contribution in [-0.4, -0.2) is 6.61 Å². The lowest BCUT2D eigenvalue weighted by atomic mass is 10.2. The molecule has 100 valence electrons. The SMILES string of the molecule is CC(C)COc1ccc(Nc2ccc(F)cc2)cc1. The summed E-state index contributed by atoms with van der Waals surface area (Å²) in [6, 6.07) is 14.0. The van der Waals surface area contributed by atoms with Crippen molar-refractivity contribution < 1.29 is 9.13 Å². The number of ether oxygens (including phenoxy) is 1. The number of hydrogen-bond donors (Lipinski definition) is 1. The van der Waals surface area contributed by atoms with Crippen LogP contribution in [0.15, 0.2) is 48.5 Å². The summed E-state index contributed by atoms with van der Waals surface area (Å²) in [5, 5.41) is 3.20. The molecule has 0 amide bonds. The molecule has 0 aromatic heterocycles. The minimum absolute atomic E-state index is 0.233. The Kier molecular flexibility index (Phi) is 4.39. The largest absolute Gasteiger partial charge is 0.493 e. The van der Waals surface area contributed by atoms with Gasteiger partial charge in [-0.25, -0.2) is 4.39 Å². The fourth-order valence-electron chi connectivity index (χ4n) is 1.60. The molecule has 1 N–H and O–H groups in total. The van der Waals surface area contributed by atoms with Gasteiger partial charge in [0, 0.05) is 11.4 Å². The number of nitrogens with one attached hydrogen (secondary N) is 1. The minimum Gasteiger partial charge on any atom is -0.493 e. The maximum absolute atomic E-state index is 12.8. The van der Waals surface area contributed by atoms with Crippen molar-refractivity contribution in [1.29, 1.82) is 0 Å². The molecule has 0 radical (unpaired) electrons. The lowest BCUT2D eigenvalue weighted by Crippen LogP contribution is -2.04. The Labute approximate surface area is 113 Å². The van der Waals surface area contributed by atoms with Gasteiger partial charge in [0.25, 0.3) is 0 Å². The number of hydrogen-bond acceptors (Lipinski definition) is 2. The molecule has 0 aliphatic carbocycles. The molecule has 0 fully saturated rings. The van der Waals surface area contributed by atoms with E-state index in [0.29, 0.717) is 12.5 Å². The standard InChI is InChI=1S/C16H18FNO/c1-12(2)11-19-16-9-7-15(8-10-16)18-14-5-3-13(17)4-6-14/h3-10,12,18H,11H2,1-2H3. The maximum atomic E-state index is 12.8. The van der Waals surface area contributed by atoms with Gasteiger partial charge in [0.05, 0.1) is 6.61 Å². The molecule has 2 aromatic carbocycles. The van der Waals surface area contributed by atoms with Gasteiger partial charge >= 0.3 is 0 Å². The van der Waals surface area contributed by atoms with Crippen molar-refractivity contribution in [3.63, 3.8) is 0 Å². The zero-order valence-corrected chi connectivity index (χ0v) is 11.2. The van der Waals surface area contributed by atoms with E-state index in [2.05, 4.69) is 19.2 Å². The van der Waals surface area contributed by atoms with Gasteiger partial charge in [-0.15, -0.1) is 0 Å². The van der Waals surface area contributed by atoms with E-state index in [1.54, 1.807) is 12.1 Å². The van der Waals surface area contributed by atoms with Crippen LogP contribution < -0.4 is 10.1 Å². The molecule has 0 heterocycles. The third kappa shape index (κ3) is 4.28. The first-order valence-corrected chi connectivity index (χ1v) is 6.39. The van der Waals surface area contributed by atoms with Gasteiger partial charge in [0.1, 0.15) is 11.6 Å². The van der Waals surface area contributed by atoms with E-state index < -0.39 is 0 Å². The molecule has 0 atom stereocenters. The summed E-state index contributed by atoms with van der Waals surface area (Å²) in [4.78, 5) is 0. The van der Waals surface area contributed by atoms with Crippen LogP contribution in [0, 0.1) is 11.7 Å². The molecule has 0 spiro atoms. The molecule has 3 heteroatoms. The average Bonchev–Trinajstić information content (AvgIpc) is 2.40. The monoisotopic (exact) mass is 259 g/mol. The number of benzene rings is 2. The van der Waals surface area contributed by atoms with Gasteiger partial charge in [0.15, 0.2) is 0 Å². The fraction of sp³-hybridized carbons (Fsp3) is 0.250. The third-order valence-electron chi connectivity index (χ3n) is 2.57. The topological polar surface area (TPSA) is 21.3 Å². The lowest BCUT2D eigenvalue weighted by molar-refractivity contribution is 0.271. The van der Waals surface area contributed by atoms with Crippen LogP contribution in [-0.2, 0) is 0 Å². The van der Waals surface area contributed by atoms with Crippen molar-refractivity contribution in [2.75, 3.05) is 11.9 Å². The molecule has 2 nitrogen and oxygen atoms in total. The van der Waals surface area contributed by atoms with Crippen molar-refractivity contribution in [3.05, 3.63) is 54.3 Å². The van der Waals surface area contributed by atoms with E-state index in [1.807, 2.05) is 24.3 Å². The predicted molar refractivity (Wildman–Crippen MR) is 76.5 cm³/mol. The summed E-state index contributed by atoms with van der Waals surface area (Å²) in [7, 11) is 0. The Morgan fingerprint density at radius 2 is 1.47 bits per heavy atom. The molecular weight excluding hydrogens is 241 g/mol. The average molecular weight is 259 g/mol. The molecular formula is C16H18FNO.